The van der Waals surface area contributed by atoms with Crippen LogP contribution in [0.15, 0.2) is 29.2 Å². The molecule has 1 fully saturated rings. The van der Waals surface area contributed by atoms with Crippen molar-refractivity contribution in [2.24, 2.45) is 5.73 Å². The van der Waals surface area contributed by atoms with Crippen molar-refractivity contribution in [3.63, 3.8) is 0 Å². The Morgan fingerprint density at radius 3 is 2.63 bits per heavy atom. The van der Waals surface area contributed by atoms with Crippen LogP contribution in [0.25, 0.3) is 0 Å². The van der Waals surface area contributed by atoms with Crippen LogP contribution in [0, 0.1) is 0 Å². The Labute approximate surface area is 118 Å². The largest absolute Gasteiger partial charge is 0.389 e. The molecular weight excluding hydrogens is 284 g/mol. The first kappa shape index (κ1) is 14.4. The second kappa shape index (κ2) is 5.54. The van der Waals surface area contributed by atoms with Crippen molar-refractivity contribution < 1.29 is 13.2 Å². The third-order valence-corrected chi connectivity index (χ3v) is 4.99. The van der Waals surface area contributed by atoms with Gasteiger partial charge in [0, 0.05) is 18.7 Å². The molecule has 2 rings (SSSR count). The summed E-state index contributed by atoms with van der Waals surface area (Å²) in [6.07, 6.45) is 1.51. The Morgan fingerprint density at radius 1 is 1.42 bits per heavy atom. The maximum Gasteiger partial charge on any atom is 0.241 e. The summed E-state index contributed by atoms with van der Waals surface area (Å²) in [4.78, 5) is 0.202. The fraction of sp³-hybridized carbons (Fsp3) is 0.417. The maximum atomic E-state index is 12.3. The smallest absolute Gasteiger partial charge is 0.241 e. The summed E-state index contributed by atoms with van der Waals surface area (Å²) in [5, 5.41) is 0. The number of benzene rings is 1. The van der Waals surface area contributed by atoms with Crippen LogP contribution in [0.5, 0.6) is 0 Å². The van der Waals surface area contributed by atoms with Gasteiger partial charge in [0.15, 0.2) is 0 Å². The van der Waals surface area contributed by atoms with Crippen LogP contribution >= 0.6 is 12.2 Å². The summed E-state index contributed by atoms with van der Waals surface area (Å²) < 4.78 is 32.3. The van der Waals surface area contributed by atoms with Gasteiger partial charge in [-0.05, 0) is 18.9 Å². The highest BCUT2D eigenvalue weighted by molar-refractivity contribution is 7.89. The van der Waals surface area contributed by atoms with E-state index in [2.05, 4.69) is 4.72 Å². The van der Waals surface area contributed by atoms with E-state index in [1.54, 1.807) is 25.3 Å². The minimum atomic E-state index is -3.60. The van der Waals surface area contributed by atoms with E-state index < -0.39 is 10.0 Å². The maximum absolute atomic E-state index is 12.3. The van der Waals surface area contributed by atoms with Crippen molar-refractivity contribution in [2.75, 3.05) is 7.11 Å². The van der Waals surface area contributed by atoms with Gasteiger partial charge in [0.1, 0.15) is 4.99 Å². The third-order valence-electron chi connectivity index (χ3n) is 3.19. The zero-order valence-electron chi connectivity index (χ0n) is 10.5. The average Bonchev–Trinajstić information content (AvgIpc) is 2.33. The van der Waals surface area contributed by atoms with Gasteiger partial charge in [-0.25, -0.2) is 13.1 Å². The minimum Gasteiger partial charge on any atom is -0.389 e. The normalized spacial score (nSPS) is 22.8. The van der Waals surface area contributed by atoms with E-state index in [1.165, 1.54) is 6.07 Å². The summed E-state index contributed by atoms with van der Waals surface area (Å²) in [5.41, 5.74) is 5.92. The molecule has 0 amide bonds. The minimum absolute atomic E-state index is 0.0735. The number of hydrogen-bond donors (Lipinski definition) is 2. The lowest BCUT2D eigenvalue weighted by molar-refractivity contribution is 0.0236. The first-order valence-corrected chi connectivity index (χ1v) is 7.77. The number of ether oxygens (including phenoxy) is 1. The van der Waals surface area contributed by atoms with Gasteiger partial charge >= 0.3 is 0 Å². The Kier molecular flexibility index (Phi) is 4.19. The second-order valence-electron chi connectivity index (χ2n) is 4.51. The molecule has 1 aliphatic rings. The van der Waals surface area contributed by atoms with E-state index in [4.69, 9.17) is 22.7 Å². The zero-order chi connectivity index (χ0) is 14.0. The fourth-order valence-electron chi connectivity index (χ4n) is 2.04. The number of sulfonamides is 1. The van der Waals surface area contributed by atoms with Crippen LogP contribution in [0.4, 0.5) is 0 Å². The van der Waals surface area contributed by atoms with E-state index in [0.717, 1.165) is 0 Å². The Morgan fingerprint density at radius 2 is 2.05 bits per heavy atom. The van der Waals surface area contributed by atoms with Gasteiger partial charge in [-0.3, -0.25) is 0 Å². The van der Waals surface area contributed by atoms with Crippen LogP contribution in [-0.4, -0.2) is 32.7 Å². The lowest BCUT2D eigenvalue weighted by atomic mass is 9.90. The lowest BCUT2D eigenvalue weighted by Crippen LogP contribution is -2.47. The molecule has 0 atom stereocenters. The number of hydrogen-bond acceptors (Lipinski definition) is 4. The topological polar surface area (TPSA) is 81.4 Å². The molecule has 1 saturated carbocycles. The van der Waals surface area contributed by atoms with Gasteiger partial charge in [0.05, 0.1) is 11.0 Å². The number of nitrogens with two attached hydrogens (primary N) is 1. The highest BCUT2D eigenvalue weighted by Crippen LogP contribution is 2.25. The highest BCUT2D eigenvalue weighted by Gasteiger charge is 2.33. The SMILES string of the molecule is COC1CC(NS(=O)(=O)c2ccccc2C(N)=S)C1. The van der Waals surface area contributed by atoms with Gasteiger partial charge in [0.25, 0.3) is 0 Å². The first-order chi connectivity index (χ1) is 8.94. The molecule has 0 radical (unpaired) electrons. The predicted molar refractivity (Wildman–Crippen MR) is 76.5 cm³/mol. The van der Waals surface area contributed by atoms with Crippen LogP contribution in [-0.2, 0) is 14.8 Å². The molecule has 7 heteroatoms. The molecule has 0 bridgehead atoms. The molecule has 0 heterocycles. The van der Waals surface area contributed by atoms with Crippen LogP contribution in [0.3, 0.4) is 0 Å². The quantitative estimate of drug-likeness (QED) is 0.785. The van der Waals surface area contributed by atoms with Crippen molar-refractivity contribution in [2.45, 2.75) is 29.9 Å². The van der Waals surface area contributed by atoms with E-state index in [1.807, 2.05) is 0 Å². The van der Waals surface area contributed by atoms with Crippen LogP contribution in [0.2, 0.25) is 0 Å². The van der Waals surface area contributed by atoms with Gasteiger partial charge in [-0.15, -0.1) is 0 Å². The van der Waals surface area contributed by atoms with Crippen molar-refractivity contribution in [3.8, 4) is 0 Å². The molecule has 19 heavy (non-hydrogen) atoms. The summed E-state index contributed by atoms with van der Waals surface area (Å²) in [7, 11) is -1.98. The van der Waals surface area contributed by atoms with Gasteiger partial charge in [-0.2, -0.15) is 0 Å². The molecule has 5 nitrogen and oxygen atoms in total. The summed E-state index contributed by atoms with van der Waals surface area (Å²) in [6.45, 7) is 0. The van der Waals surface area contributed by atoms with Gasteiger partial charge < -0.3 is 10.5 Å². The second-order valence-corrected chi connectivity index (χ2v) is 6.63. The van der Waals surface area contributed by atoms with Crippen molar-refractivity contribution in [3.05, 3.63) is 29.8 Å². The van der Waals surface area contributed by atoms with Crippen LogP contribution in [0.1, 0.15) is 18.4 Å². The summed E-state index contributed by atoms with van der Waals surface area (Å²) in [5.74, 6) is 0. The number of methoxy groups -OCH3 is 1. The molecule has 0 aliphatic heterocycles. The number of nitrogens with one attached hydrogen (secondary N) is 1. The molecule has 0 unspecified atom stereocenters. The van der Waals surface area contributed by atoms with Crippen LogP contribution < -0.4 is 10.5 Å². The van der Waals surface area contributed by atoms with E-state index >= 15 is 0 Å². The fourth-order valence-corrected chi connectivity index (χ4v) is 3.77. The zero-order valence-corrected chi connectivity index (χ0v) is 12.1. The number of rotatable bonds is 5. The molecular formula is C12H16N2O3S2. The van der Waals surface area contributed by atoms with Gasteiger partial charge in [0.2, 0.25) is 10.0 Å². The van der Waals surface area contributed by atoms with Crippen molar-refractivity contribution in [1.82, 2.24) is 4.72 Å². The molecule has 1 aromatic rings. The lowest BCUT2D eigenvalue weighted by Gasteiger charge is -2.34. The standard InChI is InChI=1S/C12H16N2O3S2/c1-17-9-6-8(7-9)14-19(15,16)11-5-3-2-4-10(11)12(13)18/h2-5,8-9,14H,6-7H2,1H3,(H2,13,18). The Balaban J connectivity index is 2.19. The molecule has 0 spiro atoms. The molecule has 1 aliphatic carbocycles. The Hall–Kier alpha value is -1.02. The summed E-state index contributed by atoms with van der Waals surface area (Å²) in [6, 6.07) is 6.38. The predicted octanol–water partition coefficient (Wildman–Crippen LogP) is 0.777. The highest BCUT2D eigenvalue weighted by atomic mass is 32.2. The monoisotopic (exact) mass is 300 g/mol. The van der Waals surface area contributed by atoms with Crippen molar-refractivity contribution >= 4 is 27.2 Å². The molecule has 0 aromatic heterocycles. The van der Waals surface area contributed by atoms with Crippen molar-refractivity contribution in [1.29, 1.82) is 0 Å². The Bertz CT molecular complexity index is 580. The molecule has 1 aromatic carbocycles. The summed E-state index contributed by atoms with van der Waals surface area (Å²) >= 11 is 4.88. The average molecular weight is 300 g/mol. The molecule has 3 N–H and O–H groups in total. The van der Waals surface area contributed by atoms with E-state index in [-0.39, 0.29) is 22.0 Å². The van der Waals surface area contributed by atoms with E-state index in [0.29, 0.717) is 18.4 Å². The van der Waals surface area contributed by atoms with Gasteiger partial charge in [-0.1, -0.05) is 30.4 Å². The first-order valence-electron chi connectivity index (χ1n) is 5.88. The number of thiocarbonyl (C=S) groups is 1. The molecule has 104 valence electrons. The third kappa shape index (κ3) is 3.11. The molecule has 0 saturated heterocycles. The van der Waals surface area contributed by atoms with E-state index in [9.17, 15) is 8.42 Å².